The maximum absolute atomic E-state index is 12.3. The van der Waals surface area contributed by atoms with E-state index >= 15 is 0 Å². The Kier molecular flexibility index (Phi) is 4.58. The number of aryl methyl sites for hydroxylation is 1. The number of nitrogens with one attached hydrogen (secondary N) is 1. The van der Waals surface area contributed by atoms with Crippen molar-refractivity contribution in [1.82, 2.24) is 0 Å². The molecule has 1 aromatic heterocycles. The molecule has 6 heteroatoms. The molecule has 0 aliphatic carbocycles. The predicted octanol–water partition coefficient (Wildman–Crippen LogP) is 3.19. The molecule has 0 unspecified atom stereocenters. The van der Waals surface area contributed by atoms with Gasteiger partial charge in [-0.15, -0.1) is 0 Å². The number of anilines is 1. The van der Waals surface area contributed by atoms with Crippen LogP contribution in [0, 0.1) is 6.92 Å². The third-order valence-corrected chi connectivity index (χ3v) is 4.16. The van der Waals surface area contributed by atoms with Crippen LogP contribution in [0.3, 0.4) is 0 Å². The van der Waals surface area contributed by atoms with Crippen molar-refractivity contribution in [3.05, 3.63) is 69.6 Å². The van der Waals surface area contributed by atoms with Gasteiger partial charge in [0, 0.05) is 22.7 Å². The van der Waals surface area contributed by atoms with Gasteiger partial charge in [0.15, 0.2) is 5.78 Å². The van der Waals surface area contributed by atoms with E-state index in [1.165, 1.54) is 19.1 Å². The summed E-state index contributed by atoms with van der Waals surface area (Å²) in [4.78, 5) is 36.0. The van der Waals surface area contributed by atoms with Crippen LogP contribution in [0.1, 0.15) is 28.4 Å². The van der Waals surface area contributed by atoms with Gasteiger partial charge >= 0.3 is 5.63 Å². The number of fused-ring (bicyclic) bond motifs is 1. The highest BCUT2D eigenvalue weighted by atomic mass is 16.4. The Balaban J connectivity index is 1.88. The molecule has 6 nitrogen and oxygen atoms in total. The number of carbonyl (C=O) groups excluding carboxylic acids is 2. The molecule has 0 aliphatic heterocycles. The zero-order chi connectivity index (χ0) is 18.8. The number of Topliss-reactive ketones (excluding diaryl/α,β-unsaturated/α-hetero) is 1. The average molecular weight is 351 g/mol. The molecular weight excluding hydrogens is 334 g/mol. The molecule has 0 fully saturated rings. The molecule has 0 saturated carbocycles. The lowest BCUT2D eigenvalue weighted by atomic mass is 10.0. The lowest BCUT2D eigenvalue weighted by Crippen LogP contribution is -2.20. The van der Waals surface area contributed by atoms with Crippen LogP contribution in [0.15, 0.2) is 51.7 Å². The Bertz CT molecular complexity index is 1080. The van der Waals surface area contributed by atoms with E-state index in [0.29, 0.717) is 22.2 Å². The molecule has 2 aromatic carbocycles. The Morgan fingerprint density at radius 3 is 2.65 bits per heavy atom. The van der Waals surface area contributed by atoms with Gasteiger partial charge in [0.05, 0.1) is 12.0 Å². The van der Waals surface area contributed by atoms with Gasteiger partial charge in [-0.3, -0.25) is 9.59 Å². The molecule has 0 radical (unpaired) electrons. The summed E-state index contributed by atoms with van der Waals surface area (Å²) in [6.07, 6.45) is -0.157. The third kappa shape index (κ3) is 3.49. The Labute approximate surface area is 149 Å². The van der Waals surface area contributed by atoms with Crippen molar-refractivity contribution in [2.75, 3.05) is 5.32 Å². The van der Waals surface area contributed by atoms with Crippen molar-refractivity contribution in [3.63, 3.8) is 0 Å². The fraction of sp³-hybridized carbons (Fsp3) is 0.150. The maximum atomic E-state index is 12.3. The number of rotatable bonds is 4. The van der Waals surface area contributed by atoms with E-state index in [0.717, 1.165) is 0 Å². The minimum absolute atomic E-state index is 0.00380. The zero-order valence-electron chi connectivity index (χ0n) is 14.3. The number of hydrogen-bond donors (Lipinski definition) is 2. The molecule has 0 spiro atoms. The van der Waals surface area contributed by atoms with E-state index in [2.05, 4.69) is 5.32 Å². The first-order valence-corrected chi connectivity index (χ1v) is 8.01. The van der Waals surface area contributed by atoms with Gasteiger partial charge in [0.2, 0.25) is 5.91 Å². The van der Waals surface area contributed by atoms with Gasteiger partial charge < -0.3 is 14.8 Å². The predicted molar refractivity (Wildman–Crippen MR) is 97.7 cm³/mol. The molecule has 0 bridgehead atoms. The van der Waals surface area contributed by atoms with Crippen LogP contribution >= 0.6 is 0 Å². The number of amides is 1. The van der Waals surface area contributed by atoms with Crippen molar-refractivity contribution in [1.29, 1.82) is 0 Å². The van der Waals surface area contributed by atoms with Crippen LogP contribution in [-0.2, 0) is 11.2 Å². The molecule has 1 amide bonds. The molecule has 2 N–H and O–H groups in total. The fourth-order valence-corrected chi connectivity index (χ4v) is 2.77. The van der Waals surface area contributed by atoms with Crippen LogP contribution < -0.4 is 10.9 Å². The average Bonchev–Trinajstić information content (AvgIpc) is 2.58. The summed E-state index contributed by atoms with van der Waals surface area (Å²) in [5.74, 6) is -0.495. The Hall–Kier alpha value is -3.41. The molecule has 3 aromatic rings. The lowest BCUT2D eigenvalue weighted by molar-refractivity contribution is -0.115. The van der Waals surface area contributed by atoms with Gasteiger partial charge in [-0.1, -0.05) is 12.1 Å². The van der Waals surface area contributed by atoms with Crippen molar-refractivity contribution in [2.24, 2.45) is 0 Å². The fourth-order valence-electron chi connectivity index (χ4n) is 2.77. The van der Waals surface area contributed by atoms with Gasteiger partial charge in [-0.05, 0) is 43.7 Å². The van der Waals surface area contributed by atoms with E-state index in [1.54, 1.807) is 37.3 Å². The van der Waals surface area contributed by atoms with E-state index in [-0.39, 0.29) is 35.0 Å². The van der Waals surface area contributed by atoms with Crippen LogP contribution in [0.25, 0.3) is 11.0 Å². The summed E-state index contributed by atoms with van der Waals surface area (Å²) in [6.45, 7) is 3.18. The first kappa shape index (κ1) is 17.4. The van der Waals surface area contributed by atoms with E-state index in [1.807, 2.05) is 0 Å². The number of hydrogen-bond acceptors (Lipinski definition) is 5. The topological polar surface area (TPSA) is 96.6 Å². The monoisotopic (exact) mass is 351 g/mol. The molecule has 0 saturated heterocycles. The molecule has 1 heterocycles. The van der Waals surface area contributed by atoms with Crippen LogP contribution in [0.5, 0.6) is 5.75 Å². The lowest BCUT2D eigenvalue weighted by Gasteiger charge is -2.09. The van der Waals surface area contributed by atoms with Gasteiger partial charge in [0.25, 0.3) is 0 Å². The molecule has 26 heavy (non-hydrogen) atoms. The smallest absolute Gasteiger partial charge is 0.340 e. The minimum atomic E-state index is -0.617. The number of phenolic OH excluding ortho intramolecular Hbond substituents is 1. The zero-order valence-corrected chi connectivity index (χ0v) is 14.3. The highest BCUT2D eigenvalue weighted by molar-refractivity contribution is 5.97. The Morgan fingerprint density at radius 1 is 1.15 bits per heavy atom. The van der Waals surface area contributed by atoms with E-state index in [9.17, 15) is 19.5 Å². The van der Waals surface area contributed by atoms with Crippen molar-refractivity contribution in [2.45, 2.75) is 20.3 Å². The first-order valence-electron chi connectivity index (χ1n) is 8.01. The number of benzene rings is 2. The summed E-state index contributed by atoms with van der Waals surface area (Å²) in [7, 11) is 0. The standard InChI is InChI=1S/C20H17NO5/c1-11-16-7-6-15(23)9-18(16)26-20(25)17(11)10-19(24)21-14-5-3-4-13(8-14)12(2)22/h3-9,23H,10H2,1-2H3,(H,21,24). The van der Waals surface area contributed by atoms with Crippen molar-refractivity contribution in [3.8, 4) is 5.75 Å². The number of carbonyl (C=O) groups is 2. The number of ketones is 1. The third-order valence-electron chi connectivity index (χ3n) is 4.16. The van der Waals surface area contributed by atoms with Gasteiger partial charge in [0.1, 0.15) is 11.3 Å². The minimum Gasteiger partial charge on any atom is -0.508 e. The largest absolute Gasteiger partial charge is 0.508 e. The quantitative estimate of drug-likeness (QED) is 0.556. The van der Waals surface area contributed by atoms with Gasteiger partial charge in [-0.2, -0.15) is 0 Å². The summed E-state index contributed by atoms with van der Waals surface area (Å²) >= 11 is 0. The second-order valence-corrected chi connectivity index (χ2v) is 6.04. The normalized spacial score (nSPS) is 10.7. The maximum Gasteiger partial charge on any atom is 0.340 e. The second-order valence-electron chi connectivity index (χ2n) is 6.04. The van der Waals surface area contributed by atoms with Crippen molar-refractivity contribution < 1.29 is 19.1 Å². The van der Waals surface area contributed by atoms with Crippen LogP contribution in [0.4, 0.5) is 5.69 Å². The van der Waals surface area contributed by atoms with Crippen molar-refractivity contribution >= 4 is 28.3 Å². The SMILES string of the molecule is CC(=O)c1cccc(NC(=O)Cc2c(C)c3ccc(O)cc3oc2=O)c1. The highest BCUT2D eigenvalue weighted by Crippen LogP contribution is 2.23. The summed E-state index contributed by atoms with van der Waals surface area (Å²) in [5, 5.41) is 12.8. The van der Waals surface area contributed by atoms with Gasteiger partial charge in [-0.25, -0.2) is 4.79 Å². The summed E-state index contributed by atoms with van der Waals surface area (Å²) < 4.78 is 5.22. The number of aromatic hydroxyl groups is 1. The second kappa shape index (κ2) is 6.84. The Morgan fingerprint density at radius 2 is 1.92 bits per heavy atom. The number of phenols is 1. The first-order chi connectivity index (χ1) is 12.3. The molecule has 0 atom stereocenters. The summed E-state index contributed by atoms with van der Waals surface area (Å²) in [5.41, 5.74) is 1.51. The molecule has 0 aliphatic rings. The van der Waals surface area contributed by atoms with E-state index in [4.69, 9.17) is 4.42 Å². The molecule has 132 valence electrons. The summed E-state index contributed by atoms with van der Waals surface area (Å²) in [6, 6.07) is 11.1. The van der Waals surface area contributed by atoms with Crippen LogP contribution in [-0.4, -0.2) is 16.8 Å². The molecule has 3 rings (SSSR count). The van der Waals surface area contributed by atoms with E-state index < -0.39 is 5.63 Å². The molecular formula is C20H17NO5. The van der Waals surface area contributed by atoms with Crippen LogP contribution in [0.2, 0.25) is 0 Å². The highest BCUT2D eigenvalue weighted by Gasteiger charge is 2.15.